The third-order valence-corrected chi connectivity index (χ3v) is 7.05. The Balaban J connectivity index is 0.00000289. The molecular formula is C23H33IN6OS. The van der Waals surface area contributed by atoms with Crippen LogP contribution in [0.4, 0.5) is 0 Å². The summed E-state index contributed by atoms with van der Waals surface area (Å²) in [6, 6.07) is 10.6. The van der Waals surface area contributed by atoms with E-state index in [9.17, 15) is 4.79 Å². The van der Waals surface area contributed by atoms with E-state index in [1.54, 1.807) is 13.2 Å². The SMILES string of the molecule is CN=C(NCc1cccc(-n2cccn2)c1)NC1CCC(C(=O)N2CCSCC2)CC1.I. The predicted octanol–water partition coefficient (Wildman–Crippen LogP) is 3.29. The fourth-order valence-electron chi connectivity index (χ4n) is 4.33. The number of carbonyl (C=O) groups excluding carboxylic acids is 1. The van der Waals surface area contributed by atoms with E-state index in [2.05, 4.69) is 37.8 Å². The second kappa shape index (κ2) is 12.5. The summed E-state index contributed by atoms with van der Waals surface area (Å²) in [5, 5.41) is 11.3. The number of thioether (sulfide) groups is 1. The molecule has 1 aliphatic heterocycles. The Hall–Kier alpha value is -1.75. The highest BCUT2D eigenvalue weighted by molar-refractivity contribution is 14.0. The molecule has 2 fully saturated rings. The molecule has 1 aromatic carbocycles. The van der Waals surface area contributed by atoms with E-state index < -0.39 is 0 Å². The smallest absolute Gasteiger partial charge is 0.225 e. The molecular weight excluding hydrogens is 535 g/mol. The van der Waals surface area contributed by atoms with Gasteiger partial charge in [-0.3, -0.25) is 9.79 Å². The van der Waals surface area contributed by atoms with Crippen molar-refractivity contribution in [2.24, 2.45) is 10.9 Å². The van der Waals surface area contributed by atoms with Gasteiger partial charge in [-0.2, -0.15) is 16.9 Å². The molecule has 0 spiro atoms. The van der Waals surface area contributed by atoms with Gasteiger partial charge in [-0.05, 0) is 49.4 Å². The van der Waals surface area contributed by atoms with Gasteiger partial charge in [-0.25, -0.2) is 4.68 Å². The minimum Gasteiger partial charge on any atom is -0.354 e. The summed E-state index contributed by atoms with van der Waals surface area (Å²) >= 11 is 1.95. The first kappa shape index (κ1) is 24.9. The van der Waals surface area contributed by atoms with E-state index in [4.69, 9.17) is 0 Å². The van der Waals surface area contributed by atoms with Crippen LogP contribution in [0, 0.1) is 5.92 Å². The molecule has 0 radical (unpaired) electrons. The van der Waals surface area contributed by atoms with Gasteiger partial charge in [-0.15, -0.1) is 24.0 Å². The first-order valence-corrected chi connectivity index (χ1v) is 12.3. The van der Waals surface area contributed by atoms with Crippen LogP contribution in [-0.4, -0.2) is 64.2 Å². The molecule has 0 bridgehead atoms. The highest BCUT2D eigenvalue weighted by Crippen LogP contribution is 2.27. The lowest BCUT2D eigenvalue weighted by atomic mass is 9.85. The standard InChI is InChI=1S/C23H32N6OS.HI/c1-24-23(25-17-18-4-2-5-21(16-18)29-11-3-10-26-29)27-20-8-6-19(7-9-20)22(30)28-12-14-31-15-13-28;/h2-5,10-11,16,19-20H,6-9,12-15,17H2,1H3,(H2,24,25,27);1H. The van der Waals surface area contributed by atoms with Gasteiger partial charge in [0.1, 0.15) is 0 Å². The molecule has 7 nitrogen and oxygen atoms in total. The lowest BCUT2D eigenvalue weighted by Crippen LogP contribution is -2.47. The maximum absolute atomic E-state index is 12.8. The normalized spacial score (nSPS) is 21.5. The number of rotatable bonds is 5. The Morgan fingerprint density at radius 2 is 1.97 bits per heavy atom. The zero-order valence-corrected chi connectivity index (χ0v) is 21.7. The van der Waals surface area contributed by atoms with Gasteiger partial charge in [0, 0.05) is 62.5 Å². The van der Waals surface area contributed by atoms with Crippen molar-refractivity contribution < 1.29 is 4.79 Å². The maximum Gasteiger partial charge on any atom is 0.225 e. The van der Waals surface area contributed by atoms with Crippen LogP contribution in [0.25, 0.3) is 5.69 Å². The van der Waals surface area contributed by atoms with Crippen molar-refractivity contribution >= 4 is 47.6 Å². The largest absolute Gasteiger partial charge is 0.354 e. The Bertz CT molecular complexity index is 876. The highest BCUT2D eigenvalue weighted by atomic mass is 127. The number of benzene rings is 1. The van der Waals surface area contributed by atoms with Crippen molar-refractivity contribution in [1.29, 1.82) is 0 Å². The fourth-order valence-corrected chi connectivity index (χ4v) is 5.23. The average Bonchev–Trinajstić information content (AvgIpc) is 3.38. The van der Waals surface area contributed by atoms with Crippen molar-refractivity contribution in [1.82, 2.24) is 25.3 Å². The fraction of sp³-hybridized carbons (Fsp3) is 0.522. The Morgan fingerprint density at radius 1 is 1.19 bits per heavy atom. The predicted molar refractivity (Wildman–Crippen MR) is 142 cm³/mol. The minimum atomic E-state index is 0. The van der Waals surface area contributed by atoms with Crippen LogP contribution < -0.4 is 10.6 Å². The van der Waals surface area contributed by atoms with Gasteiger partial charge in [0.25, 0.3) is 0 Å². The molecule has 0 atom stereocenters. The van der Waals surface area contributed by atoms with Crippen LogP contribution in [0.3, 0.4) is 0 Å². The molecule has 2 aromatic rings. The molecule has 1 saturated heterocycles. The lowest BCUT2D eigenvalue weighted by molar-refractivity contribution is -0.136. The molecule has 2 aliphatic rings. The van der Waals surface area contributed by atoms with Crippen LogP contribution in [-0.2, 0) is 11.3 Å². The van der Waals surface area contributed by atoms with Crippen LogP contribution in [0.2, 0.25) is 0 Å². The summed E-state index contributed by atoms with van der Waals surface area (Å²) in [7, 11) is 1.80. The Labute approximate surface area is 211 Å². The topological polar surface area (TPSA) is 74.5 Å². The molecule has 0 unspecified atom stereocenters. The maximum atomic E-state index is 12.8. The summed E-state index contributed by atoms with van der Waals surface area (Å²) in [4.78, 5) is 19.2. The lowest BCUT2D eigenvalue weighted by Gasteiger charge is -2.34. The Morgan fingerprint density at radius 3 is 2.66 bits per heavy atom. The number of aromatic nitrogens is 2. The highest BCUT2D eigenvalue weighted by Gasteiger charge is 2.30. The molecule has 2 N–H and O–H groups in total. The van der Waals surface area contributed by atoms with Gasteiger partial charge in [0.15, 0.2) is 5.96 Å². The van der Waals surface area contributed by atoms with E-state index in [1.165, 1.54) is 5.56 Å². The number of nitrogens with one attached hydrogen (secondary N) is 2. The number of carbonyl (C=O) groups is 1. The molecule has 1 aromatic heterocycles. The zero-order chi connectivity index (χ0) is 21.5. The molecule has 1 aliphatic carbocycles. The van der Waals surface area contributed by atoms with Gasteiger partial charge in [0.2, 0.25) is 5.91 Å². The van der Waals surface area contributed by atoms with Crippen molar-refractivity contribution in [3.63, 3.8) is 0 Å². The summed E-state index contributed by atoms with van der Waals surface area (Å²) in [6.45, 7) is 2.52. The molecule has 174 valence electrons. The van der Waals surface area contributed by atoms with Crippen molar-refractivity contribution in [2.75, 3.05) is 31.6 Å². The summed E-state index contributed by atoms with van der Waals surface area (Å²) in [5.74, 6) is 3.54. The first-order valence-electron chi connectivity index (χ1n) is 11.2. The summed E-state index contributed by atoms with van der Waals surface area (Å²) in [5.41, 5.74) is 2.22. The van der Waals surface area contributed by atoms with Gasteiger partial charge >= 0.3 is 0 Å². The number of nitrogens with zero attached hydrogens (tertiary/aromatic N) is 4. The van der Waals surface area contributed by atoms with Crippen LogP contribution in [0.15, 0.2) is 47.7 Å². The number of hydrogen-bond donors (Lipinski definition) is 2. The number of amides is 1. The zero-order valence-electron chi connectivity index (χ0n) is 18.6. The van der Waals surface area contributed by atoms with E-state index in [-0.39, 0.29) is 29.9 Å². The van der Waals surface area contributed by atoms with Crippen LogP contribution in [0.1, 0.15) is 31.2 Å². The average molecular weight is 569 g/mol. The van der Waals surface area contributed by atoms with Crippen LogP contribution in [0.5, 0.6) is 0 Å². The monoisotopic (exact) mass is 568 g/mol. The first-order chi connectivity index (χ1) is 15.2. The molecule has 9 heteroatoms. The molecule has 32 heavy (non-hydrogen) atoms. The van der Waals surface area contributed by atoms with Crippen molar-refractivity contribution in [3.8, 4) is 5.69 Å². The van der Waals surface area contributed by atoms with Gasteiger partial charge in [0.05, 0.1) is 5.69 Å². The third kappa shape index (κ3) is 6.63. The minimum absolute atomic E-state index is 0. The summed E-state index contributed by atoms with van der Waals surface area (Å²) in [6.07, 6.45) is 7.66. The number of guanidine groups is 1. The van der Waals surface area contributed by atoms with E-state index in [0.29, 0.717) is 18.5 Å². The Kier molecular flexibility index (Phi) is 9.70. The number of aliphatic imine (C=N–C) groups is 1. The molecule has 1 saturated carbocycles. The van der Waals surface area contributed by atoms with E-state index in [1.807, 2.05) is 40.8 Å². The van der Waals surface area contributed by atoms with E-state index in [0.717, 1.165) is 61.9 Å². The molecule has 4 rings (SSSR count). The van der Waals surface area contributed by atoms with Crippen molar-refractivity contribution in [3.05, 3.63) is 48.3 Å². The van der Waals surface area contributed by atoms with Crippen molar-refractivity contribution in [2.45, 2.75) is 38.3 Å². The second-order valence-corrected chi connectivity index (χ2v) is 9.40. The third-order valence-electron chi connectivity index (χ3n) is 6.10. The van der Waals surface area contributed by atoms with E-state index >= 15 is 0 Å². The van der Waals surface area contributed by atoms with Gasteiger partial charge < -0.3 is 15.5 Å². The molecule has 2 heterocycles. The molecule has 1 amide bonds. The summed E-state index contributed by atoms with van der Waals surface area (Å²) < 4.78 is 1.86. The quantitative estimate of drug-likeness (QED) is 0.329. The number of hydrogen-bond acceptors (Lipinski definition) is 4. The number of halogens is 1. The van der Waals surface area contributed by atoms with Gasteiger partial charge in [-0.1, -0.05) is 12.1 Å². The van der Waals surface area contributed by atoms with Crippen LogP contribution >= 0.6 is 35.7 Å². The second-order valence-electron chi connectivity index (χ2n) is 8.18.